The van der Waals surface area contributed by atoms with Gasteiger partial charge in [0.25, 0.3) is 0 Å². The van der Waals surface area contributed by atoms with Gasteiger partial charge < -0.3 is 4.90 Å². The number of likely N-dealkylation sites (tertiary alicyclic amines) is 1. The van der Waals surface area contributed by atoms with Gasteiger partial charge in [0, 0.05) is 24.1 Å². The zero-order valence-electron chi connectivity index (χ0n) is 11.8. The highest BCUT2D eigenvalue weighted by molar-refractivity contribution is 9.10. The fraction of sp³-hybridized carbons (Fsp3) is 0.538. The van der Waals surface area contributed by atoms with Crippen molar-refractivity contribution in [1.29, 1.82) is 0 Å². The standard InChI is InChI=1S/C13H17BrCl2N2O2S/c1-17-5-3-4-10(8-17)18(2)21(19,20)13-11(15)6-9(14)7-12(13)16/h6-7,10H,3-5,8H2,1-2H3. The minimum Gasteiger partial charge on any atom is -0.305 e. The molecule has 0 amide bonds. The average Bonchev–Trinajstić information content (AvgIpc) is 2.36. The van der Waals surface area contributed by atoms with Crippen LogP contribution in [0.1, 0.15) is 12.8 Å². The molecule has 8 heteroatoms. The summed E-state index contributed by atoms with van der Waals surface area (Å²) in [5.74, 6) is 0. The van der Waals surface area contributed by atoms with Crippen molar-refractivity contribution >= 4 is 49.2 Å². The van der Waals surface area contributed by atoms with E-state index in [0.29, 0.717) is 11.0 Å². The molecule has 1 aromatic rings. The number of rotatable bonds is 3. The largest absolute Gasteiger partial charge is 0.305 e. The van der Waals surface area contributed by atoms with Crippen LogP contribution in [-0.2, 0) is 10.0 Å². The Morgan fingerprint density at radius 1 is 1.33 bits per heavy atom. The molecule has 1 heterocycles. The molecule has 1 aliphatic heterocycles. The fourth-order valence-corrected chi connectivity index (χ4v) is 5.81. The van der Waals surface area contributed by atoms with Crippen LogP contribution in [0.4, 0.5) is 0 Å². The van der Waals surface area contributed by atoms with Gasteiger partial charge in [-0.05, 0) is 38.6 Å². The topological polar surface area (TPSA) is 40.6 Å². The molecule has 21 heavy (non-hydrogen) atoms. The van der Waals surface area contributed by atoms with E-state index in [1.165, 1.54) is 4.31 Å². The van der Waals surface area contributed by atoms with Crippen LogP contribution in [0.5, 0.6) is 0 Å². The molecule has 1 atom stereocenters. The van der Waals surface area contributed by atoms with Crippen LogP contribution in [0.3, 0.4) is 0 Å². The molecular weight excluding hydrogens is 399 g/mol. The summed E-state index contributed by atoms with van der Waals surface area (Å²) in [4.78, 5) is 2.11. The van der Waals surface area contributed by atoms with E-state index in [0.717, 1.165) is 19.4 Å². The maximum atomic E-state index is 12.8. The third-order valence-electron chi connectivity index (χ3n) is 3.71. The SMILES string of the molecule is CN1CCCC(N(C)S(=O)(=O)c2c(Cl)cc(Br)cc2Cl)C1. The first-order valence-corrected chi connectivity index (χ1v) is 9.53. The van der Waals surface area contributed by atoms with Crippen molar-refractivity contribution < 1.29 is 8.42 Å². The van der Waals surface area contributed by atoms with Crippen molar-refractivity contribution in [2.24, 2.45) is 0 Å². The molecule has 0 saturated carbocycles. The molecular formula is C13H17BrCl2N2O2S. The highest BCUT2D eigenvalue weighted by Gasteiger charge is 2.33. The van der Waals surface area contributed by atoms with Gasteiger partial charge in [-0.25, -0.2) is 8.42 Å². The molecule has 1 aromatic carbocycles. The summed E-state index contributed by atoms with van der Waals surface area (Å²) in [6.45, 7) is 1.70. The number of benzene rings is 1. The van der Waals surface area contributed by atoms with E-state index < -0.39 is 10.0 Å². The summed E-state index contributed by atoms with van der Waals surface area (Å²) in [7, 11) is -0.135. The van der Waals surface area contributed by atoms with Crippen molar-refractivity contribution in [3.8, 4) is 0 Å². The Morgan fingerprint density at radius 2 is 1.90 bits per heavy atom. The van der Waals surface area contributed by atoms with Crippen molar-refractivity contribution in [3.63, 3.8) is 0 Å². The summed E-state index contributed by atoms with van der Waals surface area (Å²) in [5, 5.41) is 0.260. The van der Waals surface area contributed by atoms with Crippen LogP contribution in [0.2, 0.25) is 10.0 Å². The molecule has 2 rings (SSSR count). The molecule has 1 fully saturated rings. The van der Waals surface area contributed by atoms with Gasteiger partial charge in [-0.2, -0.15) is 4.31 Å². The second kappa shape index (κ2) is 6.72. The molecule has 1 unspecified atom stereocenters. The zero-order chi connectivity index (χ0) is 15.8. The Bertz CT molecular complexity index is 616. The fourth-order valence-electron chi connectivity index (χ4n) is 2.55. The summed E-state index contributed by atoms with van der Waals surface area (Å²) in [6, 6.07) is 3.02. The van der Waals surface area contributed by atoms with Crippen LogP contribution in [0.25, 0.3) is 0 Å². The number of hydrogen-bond acceptors (Lipinski definition) is 3. The molecule has 0 aromatic heterocycles. The minimum atomic E-state index is -3.72. The molecule has 1 saturated heterocycles. The predicted octanol–water partition coefficient (Wildman–Crippen LogP) is 3.47. The molecule has 0 bridgehead atoms. The lowest BCUT2D eigenvalue weighted by Crippen LogP contribution is -2.47. The van der Waals surface area contributed by atoms with Crippen LogP contribution < -0.4 is 0 Å². The number of likely N-dealkylation sites (N-methyl/N-ethyl adjacent to an activating group) is 2. The van der Waals surface area contributed by atoms with Gasteiger partial charge in [0.15, 0.2) is 0 Å². The second-order valence-corrected chi connectivity index (χ2v) is 8.94. The highest BCUT2D eigenvalue weighted by Crippen LogP contribution is 2.35. The van der Waals surface area contributed by atoms with Crippen LogP contribution in [0.15, 0.2) is 21.5 Å². The maximum Gasteiger partial charge on any atom is 0.246 e. The Morgan fingerprint density at radius 3 is 2.43 bits per heavy atom. The number of piperidine rings is 1. The Labute approximate surface area is 144 Å². The lowest BCUT2D eigenvalue weighted by Gasteiger charge is -2.35. The first-order valence-electron chi connectivity index (χ1n) is 6.54. The van der Waals surface area contributed by atoms with Gasteiger partial charge in [0.2, 0.25) is 10.0 Å². The van der Waals surface area contributed by atoms with E-state index in [4.69, 9.17) is 23.2 Å². The van der Waals surface area contributed by atoms with Gasteiger partial charge in [0.1, 0.15) is 4.90 Å². The molecule has 0 aliphatic carbocycles. The smallest absolute Gasteiger partial charge is 0.246 e. The van der Waals surface area contributed by atoms with Gasteiger partial charge in [-0.15, -0.1) is 0 Å². The number of nitrogens with zero attached hydrogens (tertiary/aromatic N) is 2. The van der Waals surface area contributed by atoms with Gasteiger partial charge >= 0.3 is 0 Å². The van der Waals surface area contributed by atoms with E-state index in [9.17, 15) is 8.42 Å². The zero-order valence-corrected chi connectivity index (χ0v) is 15.7. The second-order valence-electron chi connectivity index (χ2n) is 5.28. The predicted molar refractivity (Wildman–Crippen MR) is 89.6 cm³/mol. The van der Waals surface area contributed by atoms with E-state index in [1.807, 2.05) is 7.05 Å². The van der Waals surface area contributed by atoms with E-state index in [-0.39, 0.29) is 21.0 Å². The van der Waals surface area contributed by atoms with Crippen LogP contribution in [-0.4, -0.2) is 50.8 Å². The summed E-state index contributed by atoms with van der Waals surface area (Å²) >= 11 is 15.5. The number of hydrogen-bond donors (Lipinski definition) is 0. The molecule has 0 N–H and O–H groups in total. The molecule has 0 radical (unpaired) electrons. The van der Waals surface area contributed by atoms with Gasteiger partial charge in [0.05, 0.1) is 10.0 Å². The normalized spacial score (nSPS) is 21.0. The van der Waals surface area contributed by atoms with Crippen LogP contribution in [0, 0.1) is 0 Å². The Hall–Kier alpha value is 0.150. The van der Waals surface area contributed by atoms with E-state index in [2.05, 4.69) is 20.8 Å². The molecule has 0 spiro atoms. The number of halogens is 3. The number of sulfonamides is 1. The molecule has 4 nitrogen and oxygen atoms in total. The van der Waals surface area contributed by atoms with Gasteiger partial charge in [-0.1, -0.05) is 39.1 Å². The molecule has 118 valence electrons. The first kappa shape index (κ1) is 17.5. The minimum absolute atomic E-state index is 0.0234. The third kappa shape index (κ3) is 3.74. The molecule has 1 aliphatic rings. The van der Waals surface area contributed by atoms with E-state index in [1.54, 1.807) is 19.2 Å². The first-order chi connectivity index (χ1) is 9.73. The van der Waals surface area contributed by atoms with Crippen molar-refractivity contribution in [1.82, 2.24) is 9.21 Å². The Balaban J connectivity index is 2.38. The van der Waals surface area contributed by atoms with E-state index >= 15 is 0 Å². The van der Waals surface area contributed by atoms with Crippen molar-refractivity contribution in [3.05, 3.63) is 26.7 Å². The van der Waals surface area contributed by atoms with Gasteiger partial charge in [-0.3, -0.25) is 0 Å². The highest BCUT2D eigenvalue weighted by atomic mass is 79.9. The quantitative estimate of drug-likeness (QED) is 0.758. The lowest BCUT2D eigenvalue weighted by molar-refractivity contribution is 0.187. The summed E-state index contributed by atoms with van der Waals surface area (Å²) < 4.78 is 27.7. The average molecular weight is 416 g/mol. The summed E-state index contributed by atoms with van der Waals surface area (Å²) in [6.07, 6.45) is 1.81. The third-order valence-corrected chi connectivity index (χ3v) is 7.00. The summed E-state index contributed by atoms with van der Waals surface area (Å²) in [5.41, 5.74) is 0. The Kier molecular flexibility index (Phi) is 5.60. The monoisotopic (exact) mass is 414 g/mol. The van der Waals surface area contributed by atoms with Crippen LogP contribution >= 0.6 is 39.1 Å². The lowest BCUT2D eigenvalue weighted by atomic mass is 10.1. The maximum absolute atomic E-state index is 12.8. The van der Waals surface area contributed by atoms with Crippen molar-refractivity contribution in [2.75, 3.05) is 27.2 Å². The van der Waals surface area contributed by atoms with Crippen molar-refractivity contribution in [2.45, 2.75) is 23.8 Å².